The number of nitrogens with one attached hydrogen (secondary N) is 2. The van der Waals surface area contributed by atoms with Crippen LogP contribution in [0.4, 0.5) is 4.79 Å². The molecule has 5 heteroatoms. The first kappa shape index (κ1) is 17.8. The number of likely N-dealkylation sites (N-methyl/N-ethyl adjacent to an activating group) is 1. The van der Waals surface area contributed by atoms with E-state index in [-0.39, 0.29) is 6.09 Å². The summed E-state index contributed by atoms with van der Waals surface area (Å²) in [5, 5.41) is 6.44. The highest BCUT2D eigenvalue weighted by molar-refractivity contribution is 5.67. The molecule has 1 aromatic carbocycles. The number of carbonyl (C=O) groups is 1. The van der Waals surface area contributed by atoms with Gasteiger partial charge in [0.15, 0.2) is 0 Å². The molecule has 1 heterocycles. The lowest BCUT2D eigenvalue weighted by Crippen LogP contribution is -2.33. The first-order chi connectivity index (χ1) is 10.8. The molecule has 1 amide bonds. The van der Waals surface area contributed by atoms with E-state index in [1.54, 1.807) is 0 Å². The number of ether oxygens (including phenoxy) is 1. The fourth-order valence-electron chi connectivity index (χ4n) is 2.74. The van der Waals surface area contributed by atoms with E-state index in [9.17, 15) is 4.79 Å². The molecule has 23 heavy (non-hydrogen) atoms. The minimum atomic E-state index is -0.473. The predicted octanol–water partition coefficient (Wildman–Crippen LogP) is 2.50. The Bertz CT molecular complexity index is 525. The normalized spacial score (nSPS) is 18.9. The van der Waals surface area contributed by atoms with Gasteiger partial charge in [0, 0.05) is 25.7 Å². The second-order valence-electron chi connectivity index (χ2n) is 7.25. The lowest BCUT2D eigenvalue weighted by Gasteiger charge is -2.20. The summed E-state index contributed by atoms with van der Waals surface area (Å²) in [6.45, 7) is 9.15. The number of rotatable bonds is 5. The quantitative estimate of drug-likeness (QED) is 0.875. The third kappa shape index (κ3) is 6.20. The summed E-state index contributed by atoms with van der Waals surface area (Å²) in [6, 6.07) is 8.74. The van der Waals surface area contributed by atoms with Crippen LogP contribution in [0.2, 0.25) is 0 Å². The highest BCUT2D eigenvalue weighted by Crippen LogP contribution is 2.12. The summed E-state index contributed by atoms with van der Waals surface area (Å²) in [5.41, 5.74) is 1.87. The van der Waals surface area contributed by atoms with E-state index in [0.29, 0.717) is 12.6 Å². The van der Waals surface area contributed by atoms with Gasteiger partial charge in [-0.1, -0.05) is 24.3 Å². The fourth-order valence-corrected chi connectivity index (χ4v) is 2.74. The van der Waals surface area contributed by atoms with Crippen LogP contribution in [0.3, 0.4) is 0 Å². The van der Waals surface area contributed by atoms with Crippen molar-refractivity contribution >= 4 is 6.09 Å². The molecule has 1 fully saturated rings. The van der Waals surface area contributed by atoms with Gasteiger partial charge in [-0.25, -0.2) is 4.79 Å². The van der Waals surface area contributed by atoms with E-state index in [4.69, 9.17) is 4.74 Å². The maximum absolute atomic E-state index is 11.8. The largest absolute Gasteiger partial charge is 0.444 e. The summed E-state index contributed by atoms with van der Waals surface area (Å²) in [4.78, 5) is 14.1. The van der Waals surface area contributed by atoms with Crippen molar-refractivity contribution in [2.45, 2.75) is 51.9 Å². The Hall–Kier alpha value is -1.59. The van der Waals surface area contributed by atoms with Gasteiger partial charge in [-0.2, -0.15) is 0 Å². The summed E-state index contributed by atoms with van der Waals surface area (Å²) >= 11 is 0. The fraction of sp³-hybridized carbons (Fsp3) is 0.611. The van der Waals surface area contributed by atoms with Crippen LogP contribution in [0.1, 0.15) is 38.3 Å². The molecule has 1 aliphatic heterocycles. The molecule has 1 aromatic rings. The SMILES string of the molecule is CN1CCC(NCc2ccccc2CNC(=O)OC(C)(C)C)C1. The lowest BCUT2D eigenvalue weighted by molar-refractivity contribution is 0.0523. The highest BCUT2D eigenvalue weighted by atomic mass is 16.6. The maximum atomic E-state index is 11.8. The van der Waals surface area contributed by atoms with Gasteiger partial charge in [0.2, 0.25) is 0 Å². The molecule has 0 spiro atoms. The van der Waals surface area contributed by atoms with E-state index in [2.05, 4.69) is 34.7 Å². The molecular formula is C18H29N3O2. The molecule has 0 aromatic heterocycles. The van der Waals surface area contributed by atoms with Crippen LogP contribution in [0, 0.1) is 0 Å². The van der Waals surface area contributed by atoms with Crippen molar-refractivity contribution in [3.05, 3.63) is 35.4 Å². The second kappa shape index (κ2) is 7.79. The Morgan fingerprint density at radius 3 is 2.48 bits per heavy atom. The number of nitrogens with zero attached hydrogens (tertiary/aromatic N) is 1. The molecule has 1 atom stereocenters. The van der Waals surface area contributed by atoms with Crippen LogP contribution in [-0.4, -0.2) is 42.8 Å². The van der Waals surface area contributed by atoms with Gasteiger partial charge in [0.1, 0.15) is 5.60 Å². The van der Waals surface area contributed by atoms with Crippen molar-refractivity contribution in [3.63, 3.8) is 0 Å². The van der Waals surface area contributed by atoms with Gasteiger partial charge < -0.3 is 20.3 Å². The average Bonchev–Trinajstić information content (AvgIpc) is 2.87. The van der Waals surface area contributed by atoms with Gasteiger partial charge in [0.25, 0.3) is 0 Å². The van der Waals surface area contributed by atoms with Crippen molar-refractivity contribution in [2.75, 3.05) is 20.1 Å². The van der Waals surface area contributed by atoms with E-state index < -0.39 is 5.60 Å². The van der Waals surface area contributed by atoms with Gasteiger partial charge in [-0.3, -0.25) is 0 Å². The van der Waals surface area contributed by atoms with Gasteiger partial charge >= 0.3 is 6.09 Å². The Labute approximate surface area is 139 Å². The van der Waals surface area contributed by atoms with Crippen LogP contribution in [0.15, 0.2) is 24.3 Å². The Balaban J connectivity index is 1.86. The molecular weight excluding hydrogens is 290 g/mol. The van der Waals surface area contributed by atoms with Crippen molar-refractivity contribution in [1.29, 1.82) is 0 Å². The Kier molecular flexibility index (Phi) is 6.02. The van der Waals surface area contributed by atoms with Crippen LogP contribution in [0.25, 0.3) is 0 Å². The van der Waals surface area contributed by atoms with Crippen LogP contribution >= 0.6 is 0 Å². The molecule has 2 rings (SSSR count). The molecule has 1 aliphatic rings. The van der Waals surface area contributed by atoms with Crippen LogP contribution in [-0.2, 0) is 17.8 Å². The number of hydrogen-bond acceptors (Lipinski definition) is 4. The van der Waals surface area contributed by atoms with E-state index in [0.717, 1.165) is 25.2 Å². The second-order valence-corrected chi connectivity index (χ2v) is 7.25. The predicted molar refractivity (Wildman–Crippen MR) is 92.3 cm³/mol. The number of alkyl carbamates (subject to hydrolysis) is 1. The van der Waals surface area contributed by atoms with E-state index in [1.807, 2.05) is 32.9 Å². The molecule has 2 N–H and O–H groups in total. The summed E-state index contributed by atoms with van der Waals surface area (Å²) in [5.74, 6) is 0. The van der Waals surface area contributed by atoms with Crippen LogP contribution < -0.4 is 10.6 Å². The zero-order valence-corrected chi connectivity index (χ0v) is 14.7. The lowest BCUT2D eigenvalue weighted by atomic mass is 10.1. The molecule has 1 unspecified atom stereocenters. The topological polar surface area (TPSA) is 53.6 Å². The van der Waals surface area contributed by atoms with Crippen molar-refractivity contribution < 1.29 is 9.53 Å². The summed E-state index contributed by atoms with van der Waals surface area (Å²) < 4.78 is 5.28. The van der Waals surface area contributed by atoms with Crippen molar-refractivity contribution in [2.24, 2.45) is 0 Å². The number of hydrogen-bond donors (Lipinski definition) is 2. The number of carbonyl (C=O) groups excluding carboxylic acids is 1. The first-order valence-electron chi connectivity index (χ1n) is 8.29. The molecule has 0 saturated carbocycles. The number of likely N-dealkylation sites (tertiary alicyclic amines) is 1. The summed E-state index contributed by atoms with van der Waals surface area (Å²) in [7, 11) is 2.15. The van der Waals surface area contributed by atoms with Crippen molar-refractivity contribution in [3.8, 4) is 0 Å². The minimum absolute atomic E-state index is 0.377. The molecule has 128 valence electrons. The zero-order chi connectivity index (χ0) is 16.9. The van der Waals surface area contributed by atoms with E-state index >= 15 is 0 Å². The highest BCUT2D eigenvalue weighted by Gasteiger charge is 2.19. The third-order valence-corrected chi connectivity index (χ3v) is 3.91. The summed E-state index contributed by atoms with van der Waals surface area (Å²) in [6.07, 6.45) is 0.812. The number of amides is 1. The molecule has 0 radical (unpaired) electrons. The Morgan fingerprint density at radius 1 is 1.26 bits per heavy atom. The monoisotopic (exact) mass is 319 g/mol. The molecule has 1 saturated heterocycles. The minimum Gasteiger partial charge on any atom is -0.444 e. The molecule has 0 bridgehead atoms. The number of benzene rings is 1. The van der Waals surface area contributed by atoms with Gasteiger partial charge in [0.05, 0.1) is 0 Å². The maximum Gasteiger partial charge on any atom is 0.407 e. The first-order valence-corrected chi connectivity index (χ1v) is 8.29. The standard InChI is InChI=1S/C18H29N3O2/c1-18(2,3)23-17(22)20-12-15-8-6-5-7-14(15)11-19-16-9-10-21(4)13-16/h5-8,16,19H,9-13H2,1-4H3,(H,20,22). The van der Waals surface area contributed by atoms with Crippen LogP contribution in [0.5, 0.6) is 0 Å². The van der Waals surface area contributed by atoms with Gasteiger partial charge in [-0.15, -0.1) is 0 Å². The average molecular weight is 319 g/mol. The molecule has 5 nitrogen and oxygen atoms in total. The van der Waals surface area contributed by atoms with Gasteiger partial charge in [-0.05, 0) is 51.9 Å². The smallest absolute Gasteiger partial charge is 0.407 e. The Morgan fingerprint density at radius 2 is 1.91 bits per heavy atom. The zero-order valence-electron chi connectivity index (χ0n) is 14.7. The molecule has 0 aliphatic carbocycles. The van der Waals surface area contributed by atoms with E-state index in [1.165, 1.54) is 12.0 Å². The van der Waals surface area contributed by atoms with Crippen molar-refractivity contribution in [1.82, 2.24) is 15.5 Å². The third-order valence-electron chi connectivity index (χ3n) is 3.91.